The molecule has 0 spiro atoms. The highest BCUT2D eigenvalue weighted by Crippen LogP contribution is 2.40. The van der Waals surface area contributed by atoms with Gasteiger partial charge >= 0.3 is 6.18 Å². The Kier molecular flexibility index (Phi) is 3.93. The number of alkyl halides is 3. The van der Waals surface area contributed by atoms with Crippen LogP contribution in [0.1, 0.15) is 21.1 Å². The first kappa shape index (κ1) is 16.0. The summed E-state index contributed by atoms with van der Waals surface area (Å²) < 4.78 is 68.8. The van der Waals surface area contributed by atoms with E-state index in [1.165, 1.54) is 6.20 Å². The van der Waals surface area contributed by atoms with Gasteiger partial charge in [0.2, 0.25) is 5.60 Å². The molecule has 10 heteroatoms. The summed E-state index contributed by atoms with van der Waals surface area (Å²) in [5, 5.41) is 19.3. The van der Waals surface area contributed by atoms with Crippen molar-refractivity contribution in [3.05, 3.63) is 47.6 Å². The molecular formula is C18H17F3N4O3. The minimum Gasteiger partial charge on any atom is -0.439 e. The highest BCUT2D eigenvalue weighted by Gasteiger charge is 2.54. The Hall–Kier alpha value is -2.98. The topological polar surface area (TPSA) is 118 Å². The number of aliphatic hydroxyl groups is 2. The molecule has 0 fully saturated rings. The minimum absolute atomic E-state index is 0.00763. The maximum Gasteiger partial charge on any atom is 0.423 e. The lowest BCUT2D eigenvalue weighted by Gasteiger charge is -2.29. The van der Waals surface area contributed by atoms with Gasteiger partial charge in [-0.3, -0.25) is 0 Å². The van der Waals surface area contributed by atoms with Gasteiger partial charge in [0.05, 0.1) is 24.7 Å². The number of nitrogens with zero attached hydrogens (tertiary/aromatic N) is 3. The van der Waals surface area contributed by atoms with Gasteiger partial charge in [-0.2, -0.15) is 13.2 Å². The van der Waals surface area contributed by atoms with E-state index in [0.717, 1.165) is 24.4 Å². The number of nitrogen functional groups attached to an aromatic ring is 1. The summed E-state index contributed by atoms with van der Waals surface area (Å²) in [5.41, 5.74) is 0.733. The van der Waals surface area contributed by atoms with Crippen LogP contribution in [0.25, 0.3) is 22.7 Å². The number of aryl methyl sites for hydroxylation is 2. The second-order valence-electron chi connectivity index (χ2n) is 6.01. The van der Waals surface area contributed by atoms with Crippen molar-refractivity contribution in [2.75, 3.05) is 12.3 Å². The van der Waals surface area contributed by atoms with Gasteiger partial charge < -0.3 is 20.4 Å². The number of benzene rings is 1. The third kappa shape index (κ3) is 3.32. The molecule has 1 aromatic carbocycles. The van der Waals surface area contributed by atoms with E-state index in [1.54, 1.807) is 6.92 Å². The number of anilines is 1. The second-order valence-corrected chi connectivity index (χ2v) is 6.01. The molecular weight excluding hydrogens is 377 g/mol. The molecule has 0 saturated heterocycles. The fraction of sp³-hybridized carbons (Fsp3) is 0.278. The number of rotatable bonds is 4. The van der Waals surface area contributed by atoms with Crippen molar-refractivity contribution in [1.29, 1.82) is 0 Å². The molecule has 28 heavy (non-hydrogen) atoms. The molecule has 0 radical (unpaired) electrons. The molecule has 2 heterocycles. The first-order valence-corrected chi connectivity index (χ1v) is 7.88. The van der Waals surface area contributed by atoms with Crippen molar-refractivity contribution in [2.45, 2.75) is 25.6 Å². The van der Waals surface area contributed by atoms with Gasteiger partial charge in [-0.1, -0.05) is 12.1 Å². The van der Waals surface area contributed by atoms with Crippen molar-refractivity contribution < 1.29 is 31.9 Å². The maximum absolute atomic E-state index is 13.4. The van der Waals surface area contributed by atoms with Gasteiger partial charge in [0, 0.05) is 16.6 Å². The Balaban J connectivity index is 2.26. The quantitative estimate of drug-likeness (QED) is 0.619. The average molecular weight is 397 g/mol. The number of hydrogen-bond acceptors (Lipinski definition) is 7. The average Bonchev–Trinajstić information content (AvgIpc) is 3.11. The zero-order valence-corrected chi connectivity index (χ0v) is 14.4. The maximum atomic E-state index is 13.4. The van der Waals surface area contributed by atoms with Crippen LogP contribution in [0.4, 0.5) is 19.0 Å². The van der Waals surface area contributed by atoms with E-state index in [2.05, 4.69) is 15.0 Å². The van der Waals surface area contributed by atoms with Crippen LogP contribution < -0.4 is 5.73 Å². The SMILES string of the molecule is [2H]C([2H])([2H])c1ccc([C@](O)(CO)C(F)(F)F)cc1-c1cnc(N)c(-c2cnc(C)o2)n1. The first-order valence-electron chi connectivity index (χ1n) is 9.38. The molecule has 0 aliphatic rings. The summed E-state index contributed by atoms with van der Waals surface area (Å²) >= 11 is 0. The number of nitrogens with two attached hydrogens (primary N) is 1. The van der Waals surface area contributed by atoms with Crippen LogP contribution >= 0.6 is 0 Å². The fourth-order valence-electron chi connectivity index (χ4n) is 2.54. The molecule has 3 rings (SSSR count). The molecule has 0 unspecified atom stereocenters. The van der Waals surface area contributed by atoms with Crippen LogP contribution in [-0.4, -0.2) is 37.9 Å². The van der Waals surface area contributed by atoms with E-state index in [0.29, 0.717) is 5.89 Å². The monoisotopic (exact) mass is 397 g/mol. The third-order valence-electron chi connectivity index (χ3n) is 4.13. The standard InChI is InChI=1S/C18H17F3N4O3/c1-9-3-4-11(17(27,8-26)18(19,20)21)5-12(9)13-6-24-16(22)15(25-13)14-7-23-10(2)28-14/h3-7,26-27H,8H2,1-2H3,(H2,22,24)/t17-/m1/s1/i1D3. The molecule has 148 valence electrons. The normalized spacial score (nSPS) is 16.1. The van der Waals surface area contributed by atoms with Crippen LogP contribution in [0.3, 0.4) is 0 Å². The summed E-state index contributed by atoms with van der Waals surface area (Å²) in [6, 6.07) is 2.52. The highest BCUT2D eigenvalue weighted by molar-refractivity contribution is 5.71. The van der Waals surface area contributed by atoms with Gasteiger partial charge in [-0.25, -0.2) is 15.0 Å². The summed E-state index contributed by atoms with van der Waals surface area (Å²) in [6.45, 7) is -2.82. The van der Waals surface area contributed by atoms with Crippen molar-refractivity contribution in [3.63, 3.8) is 0 Å². The number of halogens is 3. The van der Waals surface area contributed by atoms with Gasteiger partial charge in [0.25, 0.3) is 0 Å². The second kappa shape index (κ2) is 6.88. The minimum atomic E-state index is -5.23. The van der Waals surface area contributed by atoms with Crippen LogP contribution in [0.5, 0.6) is 0 Å². The lowest BCUT2D eigenvalue weighted by atomic mass is 9.90. The molecule has 0 bridgehead atoms. The molecule has 0 aliphatic carbocycles. The molecule has 4 N–H and O–H groups in total. The summed E-state index contributed by atoms with van der Waals surface area (Å²) in [5.74, 6) is 0.344. The molecule has 2 aromatic heterocycles. The molecule has 7 nitrogen and oxygen atoms in total. The van der Waals surface area contributed by atoms with Crippen molar-refractivity contribution in [2.24, 2.45) is 0 Å². The summed E-state index contributed by atoms with van der Waals surface area (Å²) in [7, 11) is 0. The molecule has 0 aliphatic heterocycles. The van der Waals surface area contributed by atoms with Gasteiger partial charge in [-0.15, -0.1) is 0 Å². The van der Waals surface area contributed by atoms with Crippen molar-refractivity contribution in [3.8, 4) is 22.7 Å². The molecule has 1 atom stereocenters. The first-order chi connectivity index (χ1) is 14.3. The van der Waals surface area contributed by atoms with Gasteiger partial charge in [-0.05, 0) is 24.0 Å². The fourth-order valence-corrected chi connectivity index (χ4v) is 2.54. The van der Waals surface area contributed by atoms with Crippen molar-refractivity contribution >= 4 is 5.82 Å². The Morgan fingerprint density at radius 1 is 1.25 bits per heavy atom. The smallest absolute Gasteiger partial charge is 0.423 e. The third-order valence-corrected chi connectivity index (χ3v) is 4.13. The zero-order chi connectivity index (χ0) is 23.2. The van der Waals surface area contributed by atoms with Crippen LogP contribution in [0.2, 0.25) is 0 Å². The molecule has 0 saturated carbocycles. The van der Waals surface area contributed by atoms with Crippen molar-refractivity contribution in [1.82, 2.24) is 15.0 Å². The Labute approximate surface area is 161 Å². The largest absolute Gasteiger partial charge is 0.439 e. The lowest BCUT2D eigenvalue weighted by molar-refractivity contribution is -0.277. The van der Waals surface area contributed by atoms with E-state index >= 15 is 0 Å². The lowest BCUT2D eigenvalue weighted by Crippen LogP contribution is -2.45. The Bertz CT molecular complexity index is 1120. The van der Waals surface area contributed by atoms with Crippen LogP contribution in [-0.2, 0) is 5.60 Å². The van der Waals surface area contributed by atoms with Crippen LogP contribution in [0.15, 0.2) is 35.0 Å². The molecule has 3 aromatic rings. The Morgan fingerprint density at radius 3 is 2.57 bits per heavy atom. The predicted molar refractivity (Wildman–Crippen MR) is 93.9 cm³/mol. The zero-order valence-electron chi connectivity index (χ0n) is 17.4. The summed E-state index contributed by atoms with van der Waals surface area (Å²) in [4.78, 5) is 12.1. The van der Waals surface area contributed by atoms with Gasteiger partial charge in [0.1, 0.15) is 0 Å². The van der Waals surface area contributed by atoms with E-state index in [-0.39, 0.29) is 34.1 Å². The number of aromatic nitrogens is 3. The number of aliphatic hydroxyl groups excluding tert-OH is 1. The van der Waals surface area contributed by atoms with E-state index in [9.17, 15) is 23.4 Å². The predicted octanol–water partition coefficient (Wildman–Crippen LogP) is 2.74. The van der Waals surface area contributed by atoms with Gasteiger partial charge in [0.15, 0.2) is 23.2 Å². The van der Waals surface area contributed by atoms with E-state index in [4.69, 9.17) is 14.3 Å². The number of oxazole rings is 1. The summed E-state index contributed by atoms with van der Waals surface area (Å²) in [6.07, 6.45) is -2.83. The highest BCUT2D eigenvalue weighted by atomic mass is 19.4. The molecule has 0 amide bonds. The van der Waals surface area contributed by atoms with E-state index in [1.807, 2.05) is 0 Å². The van der Waals surface area contributed by atoms with E-state index < -0.39 is 30.8 Å². The Morgan fingerprint density at radius 2 is 2.00 bits per heavy atom. The van der Waals surface area contributed by atoms with Crippen LogP contribution in [0, 0.1) is 13.8 Å². The number of hydrogen-bond donors (Lipinski definition) is 3.